The normalized spacial score (nSPS) is 20.0. The Hall–Kier alpha value is -1.59. The van der Waals surface area contributed by atoms with E-state index in [0.29, 0.717) is 11.6 Å². The van der Waals surface area contributed by atoms with Crippen LogP contribution in [0.3, 0.4) is 0 Å². The lowest BCUT2D eigenvalue weighted by molar-refractivity contribution is 0.114. The van der Waals surface area contributed by atoms with Gasteiger partial charge in [-0.05, 0) is 31.2 Å². The zero-order chi connectivity index (χ0) is 13.9. The number of oxazole rings is 1. The SMILES string of the molecule is Fc1ccc(OC(c2ncco2)C2CCNC2)c(Cl)c1. The fourth-order valence-corrected chi connectivity index (χ4v) is 2.58. The van der Waals surface area contributed by atoms with Gasteiger partial charge < -0.3 is 14.5 Å². The molecule has 4 nitrogen and oxygen atoms in total. The maximum atomic E-state index is 13.1. The molecular formula is C14H14ClFN2O2. The Morgan fingerprint density at radius 1 is 1.50 bits per heavy atom. The zero-order valence-corrected chi connectivity index (χ0v) is 11.4. The fourth-order valence-electron chi connectivity index (χ4n) is 2.37. The second-order valence-corrected chi connectivity index (χ2v) is 5.14. The van der Waals surface area contributed by atoms with Gasteiger partial charge >= 0.3 is 0 Å². The molecule has 0 amide bonds. The van der Waals surface area contributed by atoms with E-state index in [9.17, 15) is 4.39 Å². The van der Waals surface area contributed by atoms with Crippen molar-refractivity contribution in [2.45, 2.75) is 12.5 Å². The van der Waals surface area contributed by atoms with Gasteiger partial charge in [-0.3, -0.25) is 0 Å². The second-order valence-electron chi connectivity index (χ2n) is 4.74. The molecule has 1 aliphatic heterocycles. The average molecular weight is 297 g/mol. The summed E-state index contributed by atoms with van der Waals surface area (Å²) < 4.78 is 24.4. The van der Waals surface area contributed by atoms with Crippen molar-refractivity contribution in [1.29, 1.82) is 0 Å². The lowest BCUT2D eigenvalue weighted by Crippen LogP contribution is -2.21. The number of rotatable bonds is 4. The van der Waals surface area contributed by atoms with Crippen molar-refractivity contribution in [3.63, 3.8) is 0 Å². The monoisotopic (exact) mass is 296 g/mol. The van der Waals surface area contributed by atoms with E-state index < -0.39 is 5.82 Å². The van der Waals surface area contributed by atoms with E-state index in [1.54, 1.807) is 6.20 Å². The number of hydrogen-bond donors (Lipinski definition) is 1. The molecule has 2 unspecified atom stereocenters. The quantitative estimate of drug-likeness (QED) is 0.941. The molecule has 1 aromatic heterocycles. The molecule has 6 heteroatoms. The number of nitrogens with zero attached hydrogens (tertiary/aromatic N) is 1. The maximum Gasteiger partial charge on any atom is 0.235 e. The van der Waals surface area contributed by atoms with E-state index in [1.807, 2.05) is 0 Å². The lowest BCUT2D eigenvalue weighted by Gasteiger charge is -2.22. The Morgan fingerprint density at radius 3 is 3.05 bits per heavy atom. The molecule has 1 aromatic carbocycles. The summed E-state index contributed by atoms with van der Waals surface area (Å²) >= 11 is 6.01. The first-order valence-corrected chi connectivity index (χ1v) is 6.83. The highest BCUT2D eigenvalue weighted by Gasteiger charge is 2.31. The Bertz CT molecular complexity index is 571. The first kappa shape index (κ1) is 13.4. The van der Waals surface area contributed by atoms with Gasteiger partial charge in [0.05, 0.1) is 11.2 Å². The van der Waals surface area contributed by atoms with Gasteiger partial charge in [-0.2, -0.15) is 0 Å². The molecular weight excluding hydrogens is 283 g/mol. The van der Waals surface area contributed by atoms with Gasteiger partial charge in [0.1, 0.15) is 17.8 Å². The first-order valence-electron chi connectivity index (χ1n) is 6.46. The third-order valence-electron chi connectivity index (χ3n) is 3.37. The second kappa shape index (κ2) is 5.81. The average Bonchev–Trinajstić information content (AvgIpc) is 3.11. The van der Waals surface area contributed by atoms with Crippen LogP contribution in [0.2, 0.25) is 5.02 Å². The van der Waals surface area contributed by atoms with Crippen molar-refractivity contribution in [2.24, 2.45) is 5.92 Å². The number of halogens is 2. The fraction of sp³-hybridized carbons (Fsp3) is 0.357. The third kappa shape index (κ3) is 2.78. The minimum absolute atomic E-state index is 0.243. The molecule has 106 valence electrons. The van der Waals surface area contributed by atoms with Crippen LogP contribution >= 0.6 is 11.6 Å². The number of hydrogen-bond acceptors (Lipinski definition) is 4. The van der Waals surface area contributed by atoms with E-state index in [1.165, 1.54) is 24.5 Å². The lowest BCUT2D eigenvalue weighted by atomic mass is 10.0. The van der Waals surface area contributed by atoms with Gasteiger partial charge in [0.15, 0.2) is 6.10 Å². The minimum Gasteiger partial charge on any atom is -0.479 e. The van der Waals surface area contributed by atoms with Crippen LogP contribution in [0.5, 0.6) is 5.75 Å². The van der Waals surface area contributed by atoms with Crippen LogP contribution in [0.15, 0.2) is 35.1 Å². The van der Waals surface area contributed by atoms with Gasteiger partial charge in [0.25, 0.3) is 0 Å². The van der Waals surface area contributed by atoms with Gasteiger partial charge in [-0.15, -0.1) is 0 Å². The summed E-state index contributed by atoms with van der Waals surface area (Å²) in [6, 6.07) is 4.08. The molecule has 0 bridgehead atoms. The van der Waals surface area contributed by atoms with E-state index in [-0.39, 0.29) is 17.0 Å². The summed E-state index contributed by atoms with van der Waals surface area (Å²) in [7, 11) is 0. The number of ether oxygens (including phenoxy) is 1. The molecule has 0 spiro atoms. The van der Waals surface area contributed by atoms with Crippen LogP contribution in [-0.4, -0.2) is 18.1 Å². The van der Waals surface area contributed by atoms with Crippen LogP contribution in [-0.2, 0) is 0 Å². The summed E-state index contributed by atoms with van der Waals surface area (Å²) in [5.41, 5.74) is 0. The molecule has 1 N–H and O–H groups in total. The maximum absolute atomic E-state index is 13.1. The first-order chi connectivity index (χ1) is 9.74. The van der Waals surface area contributed by atoms with Gasteiger partial charge in [-0.25, -0.2) is 9.37 Å². The van der Waals surface area contributed by atoms with Crippen molar-refractivity contribution in [2.75, 3.05) is 13.1 Å². The van der Waals surface area contributed by atoms with Crippen LogP contribution in [0.4, 0.5) is 4.39 Å². The predicted molar refractivity (Wildman–Crippen MR) is 72.3 cm³/mol. The van der Waals surface area contributed by atoms with Crippen LogP contribution in [0, 0.1) is 11.7 Å². The highest BCUT2D eigenvalue weighted by molar-refractivity contribution is 6.32. The summed E-state index contributed by atoms with van der Waals surface area (Å²) in [6.07, 6.45) is 3.73. The Morgan fingerprint density at radius 2 is 2.40 bits per heavy atom. The molecule has 3 rings (SSSR count). The van der Waals surface area contributed by atoms with E-state index in [2.05, 4.69) is 10.3 Å². The largest absolute Gasteiger partial charge is 0.479 e. The van der Waals surface area contributed by atoms with Crippen molar-refractivity contribution >= 4 is 11.6 Å². The zero-order valence-electron chi connectivity index (χ0n) is 10.7. The van der Waals surface area contributed by atoms with E-state index >= 15 is 0 Å². The van der Waals surface area contributed by atoms with Crippen LogP contribution in [0.25, 0.3) is 0 Å². The van der Waals surface area contributed by atoms with Crippen molar-refractivity contribution in [3.05, 3.63) is 47.4 Å². The van der Waals surface area contributed by atoms with Crippen LogP contribution < -0.4 is 10.1 Å². The van der Waals surface area contributed by atoms with Crippen molar-refractivity contribution in [1.82, 2.24) is 10.3 Å². The Balaban J connectivity index is 1.86. The third-order valence-corrected chi connectivity index (χ3v) is 3.66. The molecule has 1 aliphatic rings. The highest BCUT2D eigenvalue weighted by atomic mass is 35.5. The topological polar surface area (TPSA) is 47.3 Å². The molecule has 0 aliphatic carbocycles. The summed E-state index contributed by atoms with van der Waals surface area (Å²) in [5, 5.41) is 3.52. The van der Waals surface area contributed by atoms with Gasteiger partial charge in [-0.1, -0.05) is 11.6 Å². The number of aromatic nitrogens is 1. The molecule has 2 heterocycles. The van der Waals surface area contributed by atoms with E-state index in [4.69, 9.17) is 20.8 Å². The molecule has 2 aromatic rings. The van der Waals surface area contributed by atoms with Crippen LogP contribution in [0.1, 0.15) is 18.4 Å². The van der Waals surface area contributed by atoms with Gasteiger partial charge in [0, 0.05) is 12.5 Å². The standard InChI is InChI=1S/C14H14ClFN2O2/c15-11-7-10(16)1-2-12(11)20-13(9-3-4-17-8-9)14-18-5-6-19-14/h1-2,5-7,9,13,17H,3-4,8H2. The molecule has 0 radical (unpaired) electrons. The predicted octanol–water partition coefficient (Wildman–Crippen LogP) is 3.20. The Labute approximate surface area is 120 Å². The number of benzene rings is 1. The summed E-state index contributed by atoms with van der Waals surface area (Å²) in [6.45, 7) is 1.76. The molecule has 1 saturated heterocycles. The highest BCUT2D eigenvalue weighted by Crippen LogP contribution is 2.34. The smallest absolute Gasteiger partial charge is 0.235 e. The van der Waals surface area contributed by atoms with E-state index in [0.717, 1.165) is 19.5 Å². The molecule has 2 atom stereocenters. The van der Waals surface area contributed by atoms with Crippen molar-refractivity contribution < 1.29 is 13.5 Å². The number of nitrogens with one attached hydrogen (secondary N) is 1. The van der Waals surface area contributed by atoms with Gasteiger partial charge in [0.2, 0.25) is 5.89 Å². The molecule has 20 heavy (non-hydrogen) atoms. The molecule has 1 fully saturated rings. The minimum atomic E-state index is -0.391. The molecule has 0 saturated carbocycles. The summed E-state index contributed by atoms with van der Waals surface area (Å²) in [4.78, 5) is 4.17. The Kier molecular flexibility index (Phi) is 3.89. The summed E-state index contributed by atoms with van der Waals surface area (Å²) in [5.74, 6) is 0.801. The van der Waals surface area contributed by atoms with Crippen molar-refractivity contribution in [3.8, 4) is 5.75 Å².